The van der Waals surface area contributed by atoms with Crippen LogP contribution in [-0.4, -0.2) is 48.9 Å². The molecule has 2 aromatic rings. The van der Waals surface area contributed by atoms with E-state index in [9.17, 15) is 18.4 Å². The maximum absolute atomic E-state index is 15.0. The van der Waals surface area contributed by atoms with E-state index in [0.717, 1.165) is 42.0 Å². The molecular formula is C36H38F2N6O3. The Balaban J connectivity index is 1.19. The molecule has 2 atom stereocenters. The Bertz CT molecular complexity index is 1720. The molecule has 2 aliphatic heterocycles. The number of benzene rings is 2. The standard InChI is InChI=1S/C36H38F2N6O3/c1-22-18-26(10-11-27(22)31(45)20-25(40)7-4-16-42-36(46)30-9-5-15-41-30)44-29-8-3-2-6-23-19-24(21-43-35(23)29)28-12-13-32(47-17-14-39)34(38)33(28)37/h2-3,8,10-13,18,21,23,30,40-41,44H,4-7,9,15-17,19-20H2,1H3,(H,42,46)/t23?,30-/m0/s1. The Labute approximate surface area is 273 Å². The first kappa shape index (κ1) is 33.4. The molecule has 4 N–H and O–H groups in total. The minimum atomic E-state index is -1.14. The van der Waals surface area contributed by atoms with Crippen LogP contribution in [0.25, 0.3) is 5.57 Å². The summed E-state index contributed by atoms with van der Waals surface area (Å²) in [6.07, 6.45) is 11.4. The first-order valence-electron chi connectivity index (χ1n) is 15.9. The van der Waals surface area contributed by atoms with Gasteiger partial charge in [-0.1, -0.05) is 12.2 Å². The molecule has 47 heavy (non-hydrogen) atoms. The van der Waals surface area contributed by atoms with Gasteiger partial charge in [0.2, 0.25) is 11.7 Å². The van der Waals surface area contributed by atoms with Gasteiger partial charge in [0.25, 0.3) is 0 Å². The number of nitrogens with one attached hydrogen (secondary N) is 4. The maximum Gasteiger partial charge on any atom is 0.237 e. The number of anilines is 1. The van der Waals surface area contributed by atoms with E-state index in [2.05, 4.69) is 20.9 Å². The lowest BCUT2D eigenvalue weighted by Gasteiger charge is -2.25. The van der Waals surface area contributed by atoms with E-state index in [1.54, 1.807) is 18.3 Å². The molecule has 1 fully saturated rings. The summed E-state index contributed by atoms with van der Waals surface area (Å²) in [7, 11) is 0. The minimum Gasteiger partial charge on any atom is -0.476 e. The Kier molecular flexibility index (Phi) is 11.1. The molecule has 1 unspecified atom stereocenters. The first-order valence-corrected chi connectivity index (χ1v) is 15.9. The van der Waals surface area contributed by atoms with Gasteiger partial charge in [-0.3, -0.25) is 14.6 Å². The number of carbonyl (C=O) groups excluding carboxylic acids is 2. The summed E-state index contributed by atoms with van der Waals surface area (Å²) in [5.41, 5.74) is 4.64. The van der Waals surface area contributed by atoms with Crippen LogP contribution in [0.1, 0.15) is 66.4 Å². The van der Waals surface area contributed by atoms with Crippen molar-refractivity contribution in [3.8, 4) is 11.8 Å². The number of ether oxygens (including phenoxy) is 1. The molecule has 0 radical (unpaired) electrons. The number of nitrogens with zero attached hydrogens (tertiary/aromatic N) is 2. The predicted octanol–water partition coefficient (Wildman–Crippen LogP) is 6.17. The average Bonchev–Trinajstić information content (AvgIpc) is 3.53. The van der Waals surface area contributed by atoms with Crippen molar-refractivity contribution in [1.82, 2.24) is 10.6 Å². The lowest BCUT2D eigenvalue weighted by molar-refractivity contribution is -0.122. The molecule has 2 heterocycles. The number of aliphatic imine (C=N–C) groups is 1. The number of hydrogen-bond acceptors (Lipinski definition) is 8. The van der Waals surface area contributed by atoms with Crippen molar-refractivity contribution in [2.75, 3.05) is 25.0 Å². The highest BCUT2D eigenvalue weighted by molar-refractivity contribution is 6.10. The zero-order chi connectivity index (χ0) is 33.3. The molecule has 1 saturated heterocycles. The van der Waals surface area contributed by atoms with Gasteiger partial charge in [0.1, 0.15) is 6.07 Å². The highest BCUT2D eigenvalue weighted by Crippen LogP contribution is 2.36. The summed E-state index contributed by atoms with van der Waals surface area (Å²) in [4.78, 5) is 29.8. The summed E-state index contributed by atoms with van der Waals surface area (Å²) in [5.74, 6) is -2.69. The van der Waals surface area contributed by atoms with E-state index in [-0.39, 0.29) is 48.0 Å². The molecule has 244 valence electrons. The molecule has 1 amide bonds. The second kappa shape index (κ2) is 15.6. The highest BCUT2D eigenvalue weighted by Gasteiger charge is 2.28. The number of allylic oxidation sites excluding steroid dienone is 5. The van der Waals surface area contributed by atoms with Gasteiger partial charge < -0.3 is 26.1 Å². The fraction of sp³-hybridized carbons (Fsp3) is 0.361. The number of Topliss-reactive ketones (excluding diaryl/α,β-unsaturated/α-hetero) is 1. The molecule has 0 saturated carbocycles. The van der Waals surface area contributed by atoms with Crippen LogP contribution >= 0.6 is 0 Å². The summed E-state index contributed by atoms with van der Waals surface area (Å²) in [6.45, 7) is 2.81. The normalized spacial score (nSPS) is 18.6. The number of hydrogen-bond donors (Lipinski definition) is 4. The Morgan fingerprint density at radius 2 is 2.06 bits per heavy atom. The van der Waals surface area contributed by atoms with Gasteiger partial charge in [0, 0.05) is 47.6 Å². The molecule has 0 spiro atoms. The van der Waals surface area contributed by atoms with Gasteiger partial charge in [-0.25, -0.2) is 4.39 Å². The second-order valence-electron chi connectivity index (χ2n) is 11.9. The first-order chi connectivity index (χ1) is 22.7. The van der Waals surface area contributed by atoms with Gasteiger partial charge >= 0.3 is 0 Å². The number of carbonyl (C=O) groups is 2. The van der Waals surface area contributed by atoms with Crippen LogP contribution in [0.3, 0.4) is 0 Å². The van der Waals surface area contributed by atoms with E-state index in [0.29, 0.717) is 49.1 Å². The van der Waals surface area contributed by atoms with Gasteiger partial charge in [-0.05, 0) is 99.5 Å². The number of amides is 1. The van der Waals surface area contributed by atoms with E-state index < -0.39 is 11.6 Å². The fourth-order valence-corrected chi connectivity index (χ4v) is 6.06. The van der Waals surface area contributed by atoms with E-state index in [1.807, 2.05) is 37.3 Å². The maximum atomic E-state index is 15.0. The van der Waals surface area contributed by atoms with Crippen molar-refractivity contribution >= 4 is 34.4 Å². The smallest absolute Gasteiger partial charge is 0.237 e. The third-order valence-electron chi connectivity index (χ3n) is 8.50. The number of halogens is 2. The summed E-state index contributed by atoms with van der Waals surface area (Å²) >= 11 is 0. The van der Waals surface area contributed by atoms with Crippen LogP contribution in [0.15, 0.2) is 65.4 Å². The van der Waals surface area contributed by atoms with Gasteiger partial charge in [0.05, 0.1) is 17.5 Å². The van der Waals surface area contributed by atoms with E-state index >= 15 is 0 Å². The molecule has 9 nitrogen and oxygen atoms in total. The van der Waals surface area contributed by atoms with Crippen LogP contribution in [-0.2, 0) is 4.79 Å². The zero-order valence-corrected chi connectivity index (χ0v) is 26.3. The quantitative estimate of drug-likeness (QED) is 0.117. The molecular weight excluding hydrogens is 602 g/mol. The predicted molar refractivity (Wildman–Crippen MR) is 178 cm³/mol. The summed E-state index contributed by atoms with van der Waals surface area (Å²) in [5, 5.41) is 26.4. The van der Waals surface area contributed by atoms with Crippen molar-refractivity contribution in [2.24, 2.45) is 10.9 Å². The van der Waals surface area contributed by atoms with Crippen molar-refractivity contribution in [2.45, 2.75) is 57.9 Å². The highest BCUT2D eigenvalue weighted by atomic mass is 19.2. The topological polar surface area (TPSA) is 139 Å². The third kappa shape index (κ3) is 8.26. The van der Waals surface area contributed by atoms with Crippen LogP contribution < -0.4 is 20.7 Å². The second-order valence-corrected chi connectivity index (χ2v) is 11.9. The lowest BCUT2D eigenvalue weighted by Crippen LogP contribution is -2.40. The van der Waals surface area contributed by atoms with Crippen molar-refractivity contribution in [3.05, 3.63) is 88.8 Å². The van der Waals surface area contributed by atoms with E-state index in [4.69, 9.17) is 15.4 Å². The molecule has 11 heteroatoms. The lowest BCUT2D eigenvalue weighted by atomic mass is 9.86. The molecule has 2 aromatic carbocycles. The monoisotopic (exact) mass is 640 g/mol. The fourth-order valence-electron chi connectivity index (χ4n) is 6.06. The van der Waals surface area contributed by atoms with Crippen LogP contribution in [0.5, 0.6) is 5.75 Å². The summed E-state index contributed by atoms with van der Waals surface area (Å²) < 4.78 is 34.5. The molecule has 1 aliphatic carbocycles. The third-order valence-corrected chi connectivity index (χ3v) is 8.50. The number of nitriles is 1. The molecule has 0 bridgehead atoms. The number of aryl methyl sites for hydroxylation is 1. The van der Waals surface area contributed by atoms with Gasteiger partial charge in [0.15, 0.2) is 24.0 Å². The largest absolute Gasteiger partial charge is 0.476 e. The Morgan fingerprint density at radius 3 is 2.83 bits per heavy atom. The zero-order valence-electron chi connectivity index (χ0n) is 26.3. The van der Waals surface area contributed by atoms with Crippen molar-refractivity contribution in [1.29, 1.82) is 10.7 Å². The number of rotatable bonds is 13. The molecule has 3 aliphatic rings. The minimum absolute atomic E-state index is 0.00410. The van der Waals surface area contributed by atoms with Crippen LogP contribution in [0, 0.1) is 41.2 Å². The van der Waals surface area contributed by atoms with E-state index in [1.165, 1.54) is 12.1 Å². The SMILES string of the molecule is Cc1cc(NC2=CC=CCC3CC(c4ccc(OCC#N)c(F)c4F)=CN=C23)ccc1C(=O)CC(=N)CCCNC(=O)[C@@H]1CCCN1. The van der Waals surface area contributed by atoms with Crippen molar-refractivity contribution in [3.63, 3.8) is 0 Å². The number of ketones is 1. The molecule has 0 aromatic heterocycles. The Morgan fingerprint density at radius 1 is 1.21 bits per heavy atom. The van der Waals surface area contributed by atoms with Crippen molar-refractivity contribution < 1.29 is 23.1 Å². The number of fused-ring (bicyclic) bond motifs is 1. The Hall–Kier alpha value is -4.95. The van der Waals surface area contributed by atoms with Crippen LogP contribution in [0.4, 0.5) is 14.5 Å². The van der Waals surface area contributed by atoms with Gasteiger partial charge in [-0.15, -0.1) is 0 Å². The summed E-state index contributed by atoms with van der Waals surface area (Å²) in [6, 6.07) is 9.84. The van der Waals surface area contributed by atoms with Crippen LogP contribution in [0.2, 0.25) is 0 Å². The van der Waals surface area contributed by atoms with Gasteiger partial charge in [-0.2, -0.15) is 9.65 Å². The average molecular weight is 641 g/mol. The molecule has 5 rings (SSSR count).